The molecule has 2 atom stereocenters. The number of aromatic nitrogens is 2. The second-order valence-electron chi connectivity index (χ2n) is 5.59. The Morgan fingerprint density at radius 1 is 1.22 bits per heavy atom. The van der Waals surface area contributed by atoms with Crippen LogP contribution in [0.5, 0.6) is 0 Å². The summed E-state index contributed by atoms with van der Waals surface area (Å²) in [5, 5.41) is 12.3. The number of anilines is 1. The largest absolute Gasteiger partial charge is 0.351 e. The summed E-state index contributed by atoms with van der Waals surface area (Å²) < 4.78 is 0. The molecule has 0 radical (unpaired) electrons. The molecule has 0 amide bonds. The molecule has 2 rings (SSSR count). The Balaban J connectivity index is 2.09. The zero-order valence-electron chi connectivity index (χ0n) is 11.3. The molecule has 4 nitrogen and oxygen atoms in total. The van der Waals surface area contributed by atoms with Crippen LogP contribution < -0.4 is 5.32 Å². The van der Waals surface area contributed by atoms with Crippen molar-refractivity contribution in [3.63, 3.8) is 0 Å². The summed E-state index contributed by atoms with van der Waals surface area (Å²) in [5.74, 6) is 2.08. The molecule has 18 heavy (non-hydrogen) atoms. The molecule has 1 aliphatic carbocycles. The van der Waals surface area contributed by atoms with Gasteiger partial charge in [0, 0.05) is 11.7 Å². The minimum atomic E-state index is 0.428. The van der Waals surface area contributed by atoms with E-state index in [0.29, 0.717) is 17.7 Å². The van der Waals surface area contributed by atoms with Crippen molar-refractivity contribution in [2.75, 3.05) is 5.32 Å². The summed E-state index contributed by atoms with van der Waals surface area (Å²) >= 11 is 0. The van der Waals surface area contributed by atoms with Gasteiger partial charge in [-0.15, -0.1) is 0 Å². The summed E-state index contributed by atoms with van der Waals surface area (Å²) in [6.45, 7) is 6.48. The molecule has 0 spiro atoms. The topological polar surface area (TPSA) is 61.6 Å². The van der Waals surface area contributed by atoms with Crippen molar-refractivity contribution in [3.05, 3.63) is 17.5 Å². The van der Waals surface area contributed by atoms with Crippen LogP contribution in [0.15, 0.2) is 6.07 Å². The van der Waals surface area contributed by atoms with Gasteiger partial charge in [0.05, 0.1) is 0 Å². The number of aryl methyl sites for hydroxylation is 1. The van der Waals surface area contributed by atoms with E-state index in [0.717, 1.165) is 30.4 Å². The molecule has 1 saturated carbocycles. The summed E-state index contributed by atoms with van der Waals surface area (Å²) in [4.78, 5) is 8.57. The zero-order chi connectivity index (χ0) is 13.1. The lowest BCUT2D eigenvalue weighted by Crippen LogP contribution is -2.31. The van der Waals surface area contributed by atoms with Gasteiger partial charge in [-0.25, -0.2) is 9.97 Å². The number of rotatable bonds is 2. The van der Waals surface area contributed by atoms with Gasteiger partial charge in [-0.1, -0.05) is 13.8 Å². The van der Waals surface area contributed by atoms with Crippen molar-refractivity contribution in [2.24, 2.45) is 11.8 Å². The lowest BCUT2D eigenvalue weighted by molar-refractivity contribution is 0.280. The maximum atomic E-state index is 8.91. The summed E-state index contributed by atoms with van der Waals surface area (Å²) in [6.07, 6.45) is 3.61. The smallest absolute Gasteiger partial charge is 0.224 e. The molecule has 2 unspecified atom stereocenters. The van der Waals surface area contributed by atoms with Crippen LogP contribution in [0.3, 0.4) is 0 Å². The van der Waals surface area contributed by atoms with E-state index in [9.17, 15) is 0 Å². The molecular weight excluding hydrogens is 224 g/mol. The first-order chi connectivity index (χ1) is 8.56. The van der Waals surface area contributed by atoms with Gasteiger partial charge < -0.3 is 5.32 Å². The predicted octanol–water partition coefficient (Wildman–Crippen LogP) is 2.89. The van der Waals surface area contributed by atoms with E-state index in [1.165, 1.54) is 6.42 Å². The van der Waals surface area contributed by atoms with E-state index >= 15 is 0 Å². The third-order valence-corrected chi connectivity index (χ3v) is 3.48. The number of hydrogen-bond donors (Lipinski definition) is 1. The Morgan fingerprint density at radius 2 is 1.89 bits per heavy atom. The summed E-state index contributed by atoms with van der Waals surface area (Å²) in [6, 6.07) is 4.21. The van der Waals surface area contributed by atoms with E-state index in [1.54, 1.807) is 6.07 Å². The third-order valence-electron chi connectivity index (χ3n) is 3.48. The minimum absolute atomic E-state index is 0.428. The molecule has 0 aromatic carbocycles. The Bertz CT molecular complexity index is 453. The first-order valence-electron chi connectivity index (χ1n) is 6.59. The van der Waals surface area contributed by atoms with Gasteiger partial charge in [-0.3, -0.25) is 0 Å². The normalized spacial score (nSPS) is 27.6. The van der Waals surface area contributed by atoms with Crippen LogP contribution >= 0.6 is 0 Å². The van der Waals surface area contributed by atoms with Gasteiger partial charge in [-0.2, -0.15) is 5.26 Å². The molecule has 4 heteroatoms. The lowest BCUT2D eigenvalue weighted by atomic mass is 9.80. The monoisotopic (exact) mass is 244 g/mol. The molecular formula is C14H20N4. The molecule has 1 heterocycles. The molecule has 0 saturated heterocycles. The summed E-state index contributed by atoms with van der Waals surface area (Å²) in [7, 11) is 0. The van der Waals surface area contributed by atoms with Gasteiger partial charge in [0.1, 0.15) is 11.8 Å². The first-order valence-corrected chi connectivity index (χ1v) is 6.59. The zero-order valence-corrected chi connectivity index (χ0v) is 11.3. The van der Waals surface area contributed by atoms with Crippen molar-refractivity contribution in [1.29, 1.82) is 5.26 Å². The van der Waals surface area contributed by atoms with Crippen molar-refractivity contribution in [3.8, 4) is 6.07 Å². The highest BCUT2D eigenvalue weighted by Gasteiger charge is 2.24. The Kier molecular flexibility index (Phi) is 3.81. The van der Waals surface area contributed by atoms with Crippen LogP contribution in [0, 0.1) is 30.1 Å². The van der Waals surface area contributed by atoms with Gasteiger partial charge in [0.15, 0.2) is 0 Å². The molecule has 1 aromatic rings. The van der Waals surface area contributed by atoms with Crippen molar-refractivity contribution < 1.29 is 0 Å². The van der Waals surface area contributed by atoms with Crippen molar-refractivity contribution in [2.45, 2.75) is 46.1 Å². The highest BCUT2D eigenvalue weighted by Crippen LogP contribution is 2.29. The summed E-state index contributed by atoms with van der Waals surface area (Å²) in [5.41, 5.74) is 1.27. The molecule has 0 aliphatic heterocycles. The molecule has 1 aliphatic rings. The van der Waals surface area contributed by atoms with Crippen molar-refractivity contribution in [1.82, 2.24) is 9.97 Å². The van der Waals surface area contributed by atoms with E-state index in [1.807, 2.05) is 6.92 Å². The highest BCUT2D eigenvalue weighted by molar-refractivity contribution is 5.34. The third kappa shape index (κ3) is 3.19. The van der Waals surface area contributed by atoms with Crippen LogP contribution in [0.2, 0.25) is 0 Å². The average Bonchev–Trinajstić information content (AvgIpc) is 2.26. The van der Waals surface area contributed by atoms with Crippen LogP contribution in [-0.4, -0.2) is 16.0 Å². The SMILES string of the molecule is Cc1cc(C#N)nc(NC2CC(C)CC(C)C2)n1. The fraction of sp³-hybridized carbons (Fsp3) is 0.643. The van der Waals surface area contributed by atoms with Crippen molar-refractivity contribution >= 4 is 5.95 Å². The van der Waals surface area contributed by atoms with Gasteiger partial charge in [0.25, 0.3) is 0 Å². The lowest BCUT2D eigenvalue weighted by Gasteiger charge is -2.31. The van der Waals surface area contributed by atoms with Crippen LogP contribution in [0.25, 0.3) is 0 Å². The number of nitriles is 1. The second-order valence-corrected chi connectivity index (χ2v) is 5.59. The average molecular weight is 244 g/mol. The number of nitrogens with zero attached hydrogens (tertiary/aromatic N) is 3. The maximum Gasteiger partial charge on any atom is 0.224 e. The van der Waals surface area contributed by atoms with Gasteiger partial charge in [0.2, 0.25) is 5.95 Å². The van der Waals surface area contributed by atoms with Crippen LogP contribution in [0.4, 0.5) is 5.95 Å². The van der Waals surface area contributed by atoms with Crippen LogP contribution in [0.1, 0.15) is 44.5 Å². The molecule has 96 valence electrons. The van der Waals surface area contributed by atoms with E-state index < -0.39 is 0 Å². The Hall–Kier alpha value is -1.63. The number of nitrogens with one attached hydrogen (secondary N) is 1. The Labute approximate surface area is 108 Å². The Morgan fingerprint density at radius 3 is 2.50 bits per heavy atom. The molecule has 1 N–H and O–H groups in total. The molecule has 0 bridgehead atoms. The fourth-order valence-electron chi connectivity index (χ4n) is 2.94. The molecule has 1 fully saturated rings. The second kappa shape index (κ2) is 5.34. The first kappa shape index (κ1) is 12.8. The molecule has 1 aromatic heterocycles. The van der Waals surface area contributed by atoms with E-state index in [2.05, 4.69) is 35.2 Å². The number of hydrogen-bond acceptors (Lipinski definition) is 4. The highest BCUT2D eigenvalue weighted by atomic mass is 15.1. The minimum Gasteiger partial charge on any atom is -0.351 e. The standard InChI is InChI=1S/C14H20N4/c1-9-4-10(2)6-12(5-9)17-14-16-11(3)7-13(8-15)18-14/h7,9-10,12H,4-6H2,1-3H3,(H,16,17,18). The fourth-order valence-corrected chi connectivity index (χ4v) is 2.94. The van der Waals surface area contributed by atoms with Gasteiger partial charge >= 0.3 is 0 Å². The van der Waals surface area contributed by atoms with Gasteiger partial charge in [-0.05, 0) is 44.1 Å². The van der Waals surface area contributed by atoms with E-state index in [-0.39, 0.29) is 0 Å². The van der Waals surface area contributed by atoms with Crippen LogP contribution in [-0.2, 0) is 0 Å². The predicted molar refractivity (Wildman–Crippen MR) is 71.1 cm³/mol. The van der Waals surface area contributed by atoms with E-state index in [4.69, 9.17) is 5.26 Å². The maximum absolute atomic E-state index is 8.91. The quantitative estimate of drug-likeness (QED) is 0.869.